The van der Waals surface area contributed by atoms with Gasteiger partial charge in [-0.25, -0.2) is 9.67 Å². The molecule has 2 atom stereocenters. The van der Waals surface area contributed by atoms with Gasteiger partial charge < -0.3 is 10.0 Å². The number of carbonyl (C=O) groups excluding carboxylic acids is 1. The zero-order valence-electron chi connectivity index (χ0n) is 16.7. The Labute approximate surface area is 169 Å². The van der Waals surface area contributed by atoms with Crippen LogP contribution in [0.4, 0.5) is 0 Å². The van der Waals surface area contributed by atoms with E-state index in [4.69, 9.17) is 0 Å². The van der Waals surface area contributed by atoms with Crippen molar-refractivity contribution in [1.29, 1.82) is 0 Å². The number of carbonyl (C=O) groups is 2. The second-order valence-corrected chi connectivity index (χ2v) is 7.90. The molecular formula is C22H24N4O3. The normalized spacial score (nSPS) is 19.2. The molecule has 0 radical (unpaired) electrons. The third-order valence-electron chi connectivity index (χ3n) is 5.57. The predicted molar refractivity (Wildman–Crippen MR) is 109 cm³/mol. The number of aryl methyl sites for hydroxylation is 1. The first kappa shape index (κ1) is 19.1. The minimum Gasteiger partial charge on any atom is -0.481 e. The largest absolute Gasteiger partial charge is 0.481 e. The zero-order chi connectivity index (χ0) is 20.7. The summed E-state index contributed by atoms with van der Waals surface area (Å²) < 4.78 is 1.80. The Bertz CT molecular complexity index is 1070. The molecule has 3 heterocycles. The fourth-order valence-electron chi connectivity index (χ4n) is 4.13. The van der Waals surface area contributed by atoms with Gasteiger partial charge in [0.15, 0.2) is 5.65 Å². The van der Waals surface area contributed by atoms with E-state index in [-0.39, 0.29) is 24.4 Å². The molecule has 0 aliphatic carbocycles. The van der Waals surface area contributed by atoms with Gasteiger partial charge in [0.1, 0.15) is 0 Å². The van der Waals surface area contributed by atoms with Gasteiger partial charge in [0.25, 0.3) is 5.91 Å². The number of amides is 1. The second kappa shape index (κ2) is 7.31. The Hall–Kier alpha value is -3.22. The standard InChI is InChI=1S/C22H24N4O3/c1-13(2)26-20-17(10-23-26)16(9-14(3)24-20)21(27)25-11-18(19(12-25)22(28)29)15-7-5-4-6-8-15/h4-10,13,18-19H,11-12H2,1-3H3,(H,28,29)/t18-,19-/m0/s1. The predicted octanol–water partition coefficient (Wildman–Crippen LogP) is 3.26. The van der Waals surface area contributed by atoms with Crippen LogP contribution in [0, 0.1) is 12.8 Å². The quantitative estimate of drug-likeness (QED) is 0.736. The van der Waals surface area contributed by atoms with E-state index in [2.05, 4.69) is 10.1 Å². The summed E-state index contributed by atoms with van der Waals surface area (Å²) in [5.41, 5.74) is 2.88. The Morgan fingerprint density at radius 1 is 1.17 bits per heavy atom. The molecular weight excluding hydrogens is 368 g/mol. The van der Waals surface area contributed by atoms with Gasteiger partial charge in [-0.3, -0.25) is 9.59 Å². The molecule has 1 fully saturated rings. The number of hydrogen-bond donors (Lipinski definition) is 1. The van der Waals surface area contributed by atoms with Gasteiger partial charge in [-0.15, -0.1) is 0 Å². The maximum Gasteiger partial charge on any atom is 0.308 e. The van der Waals surface area contributed by atoms with E-state index < -0.39 is 11.9 Å². The topological polar surface area (TPSA) is 88.3 Å². The molecule has 29 heavy (non-hydrogen) atoms. The molecule has 4 rings (SSSR count). The van der Waals surface area contributed by atoms with Crippen molar-refractivity contribution >= 4 is 22.9 Å². The molecule has 1 N–H and O–H groups in total. The molecule has 1 amide bonds. The van der Waals surface area contributed by atoms with E-state index in [1.54, 1.807) is 21.8 Å². The highest BCUT2D eigenvalue weighted by Gasteiger charge is 2.41. The maximum absolute atomic E-state index is 13.4. The molecule has 2 aromatic heterocycles. The van der Waals surface area contributed by atoms with E-state index >= 15 is 0 Å². The number of carboxylic acid groups (broad SMARTS) is 1. The molecule has 150 valence electrons. The lowest BCUT2D eigenvalue weighted by Crippen LogP contribution is -2.30. The van der Waals surface area contributed by atoms with Crippen molar-refractivity contribution in [3.63, 3.8) is 0 Å². The van der Waals surface area contributed by atoms with Gasteiger partial charge in [0.05, 0.1) is 23.1 Å². The maximum atomic E-state index is 13.4. The lowest BCUT2D eigenvalue weighted by molar-refractivity contribution is -0.141. The van der Waals surface area contributed by atoms with Crippen LogP contribution < -0.4 is 0 Å². The first-order chi connectivity index (χ1) is 13.9. The SMILES string of the molecule is Cc1cc(C(=O)N2C[C@H](C(=O)O)[C@H](c3ccccc3)C2)c2cnn(C(C)C)c2n1. The monoisotopic (exact) mass is 392 g/mol. The van der Waals surface area contributed by atoms with Crippen LogP contribution in [0.25, 0.3) is 11.0 Å². The molecule has 3 aromatic rings. The molecule has 0 unspecified atom stereocenters. The molecule has 1 aliphatic rings. The van der Waals surface area contributed by atoms with E-state index in [9.17, 15) is 14.7 Å². The van der Waals surface area contributed by atoms with Crippen LogP contribution in [-0.4, -0.2) is 49.7 Å². The van der Waals surface area contributed by atoms with Crippen molar-refractivity contribution in [3.05, 3.63) is 59.4 Å². The van der Waals surface area contributed by atoms with Crippen LogP contribution in [0.5, 0.6) is 0 Å². The highest BCUT2D eigenvalue weighted by Crippen LogP contribution is 2.34. The molecule has 7 nitrogen and oxygen atoms in total. The number of benzene rings is 1. The van der Waals surface area contributed by atoms with Gasteiger partial charge in [0.2, 0.25) is 0 Å². The van der Waals surface area contributed by atoms with E-state index in [1.807, 2.05) is 51.1 Å². The Morgan fingerprint density at radius 3 is 2.55 bits per heavy atom. The van der Waals surface area contributed by atoms with Crippen molar-refractivity contribution in [3.8, 4) is 0 Å². The molecule has 1 aromatic carbocycles. The van der Waals surface area contributed by atoms with Crippen LogP contribution in [0.1, 0.15) is 47.4 Å². The fraction of sp³-hybridized carbons (Fsp3) is 0.364. The smallest absolute Gasteiger partial charge is 0.308 e. The first-order valence-corrected chi connectivity index (χ1v) is 9.78. The number of nitrogens with zero attached hydrogens (tertiary/aromatic N) is 4. The Kier molecular flexibility index (Phi) is 4.82. The summed E-state index contributed by atoms with van der Waals surface area (Å²) in [4.78, 5) is 31.5. The number of aliphatic carboxylic acids is 1. The highest BCUT2D eigenvalue weighted by molar-refractivity contribution is 6.05. The number of rotatable bonds is 4. The molecule has 0 bridgehead atoms. The third kappa shape index (κ3) is 3.37. The molecule has 1 aliphatic heterocycles. The number of carboxylic acids is 1. The number of likely N-dealkylation sites (tertiary alicyclic amines) is 1. The van der Waals surface area contributed by atoms with Crippen molar-refractivity contribution in [1.82, 2.24) is 19.7 Å². The summed E-state index contributed by atoms with van der Waals surface area (Å²) in [6.07, 6.45) is 1.68. The Morgan fingerprint density at radius 2 is 1.90 bits per heavy atom. The minimum atomic E-state index is -0.877. The minimum absolute atomic E-state index is 0.121. The molecule has 0 spiro atoms. The third-order valence-corrected chi connectivity index (χ3v) is 5.57. The molecule has 0 saturated carbocycles. The van der Waals surface area contributed by atoms with Crippen molar-refractivity contribution in [2.24, 2.45) is 5.92 Å². The average Bonchev–Trinajstić information content (AvgIpc) is 3.32. The van der Waals surface area contributed by atoms with Crippen LogP contribution >= 0.6 is 0 Å². The van der Waals surface area contributed by atoms with Crippen molar-refractivity contribution < 1.29 is 14.7 Å². The van der Waals surface area contributed by atoms with Gasteiger partial charge in [-0.05, 0) is 32.4 Å². The van der Waals surface area contributed by atoms with Crippen molar-refractivity contribution in [2.75, 3.05) is 13.1 Å². The van der Waals surface area contributed by atoms with Crippen LogP contribution in [0.3, 0.4) is 0 Å². The highest BCUT2D eigenvalue weighted by atomic mass is 16.4. The molecule has 7 heteroatoms. The summed E-state index contributed by atoms with van der Waals surface area (Å²) in [6, 6.07) is 11.4. The summed E-state index contributed by atoms with van der Waals surface area (Å²) in [6.45, 7) is 6.45. The summed E-state index contributed by atoms with van der Waals surface area (Å²) in [5, 5.41) is 14.8. The fourth-order valence-corrected chi connectivity index (χ4v) is 4.13. The van der Waals surface area contributed by atoms with Crippen molar-refractivity contribution in [2.45, 2.75) is 32.7 Å². The summed E-state index contributed by atoms with van der Waals surface area (Å²) >= 11 is 0. The summed E-state index contributed by atoms with van der Waals surface area (Å²) in [5.74, 6) is -1.90. The second-order valence-electron chi connectivity index (χ2n) is 7.90. The lowest BCUT2D eigenvalue weighted by atomic mass is 9.89. The van der Waals surface area contributed by atoms with E-state index in [0.717, 1.165) is 11.3 Å². The first-order valence-electron chi connectivity index (χ1n) is 9.78. The lowest BCUT2D eigenvalue weighted by Gasteiger charge is -2.17. The van der Waals surface area contributed by atoms with Crippen LogP contribution in [0.2, 0.25) is 0 Å². The molecule has 1 saturated heterocycles. The van der Waals surface area contributed by atoms with Gasteiger partial charge in [-0.1, -0.05) is 30.3 Å². The van der Waals surface area contributed by atoms with Crippen LogP contribution in [-0.2, 0) is 4.79 Å². The van der Waals surface area contributed by atoms with Gasteiger partial charge in [0, 0.05) is 30.7 Å². The number of hydrogen-bond acceptors (Lipinski definition) is 4. The van der Waals surface area contributed by atoms with E-state index in [1.165, 1.54) is 0 Å². The van der Waals surface area contributed by atoms with Gasteiger partial charge in [-0.2, -0.15) is 5.10 Å². The Balaban J connectivity index is 1.71. The summed E-state index contributed by atoms with van der Waals surface area (Å²) in [7, 11) is 0. The van der Waals surface area contributed by atoms with Gasteiger partial charge >= 0.3 is 5.97 Å². The zero-order valence-corrected chi connectivity index (χ0v) is 16.7. The van der Waals surface area contributed by atoms with E-state index in [0.29, 0.717) is 23.1 Å². The average molecular weight is 392 g/mol. The number of pyridine rings is 1. The number of aromatic nitrogens is 3. The number of fused-ring (bicyclic) bond motifs is 1. The van der Waals surface area contributed by atoms with Crippen LogP contribution in [0.15, 0.2) is 42.6 Å².